The van der Waals surface area contributed by atoms with Crippen molar-refractivity contribution in [1.29, 1.82) is 0 Å². The van der Waals surface area contributed by atoms with Crippen LogP contribution in [0, 0.1) is 5.82 Å². The van der Waals surface area contributed by atoms with Gasteiger partial charge in [0.05, 0.1) is 11.4 Å². The van der Waals surface area contributed by atoms with Gasteiger partial charge >= 0.3 is 0 Å². The van der Waals surface area contributed by atoms with Crippen molar-refractivity contribution in [2.45, 2.75) is 12.8 Å². The molecule has 0 unspecified atom stereocenters. The first kappa shape index (κ1) is 16.3. The van der Waals surface area contributed by atoms with Crippen LogP contribution in [0.25, 0.3) is 33.6 Å². The summed E-state index contributed by atoms with van der Waals surface area (Å²) in [6, 6.07) is 17.4. The molecule has 4 aromatic rings. The highest BCUT2D eigenvalue weighted by Crippen LogP contribution is 2.49. The van der Waals surface area contributed by atoms with Gasteiger partial charge < -0.3 is 10.2 Å². The standard InChI is InChI=1S/C25H16FNO2/c26-16-3-1-2-13(8-16)23-21-11-14-9-17(28)4-6-19(14)24(21)27-25-20-7-5-18(29)10-15(20)12-22(23)25/h1-10,28-29H,11-12H2. The topological polar surface area (TPSA) is 53.4 Å². The number of phenols is 2. The Labute approximate surface area is 166 Å². The summed E-state index contributed by atoms with van der Waals surface area (Å²) in [5.41, 5.74) is 9.80. The van der Waals surface area contributed by atoms with Gasteiger partial charge in [-0.25, -0.2) is 9.37 Å². The summed E-state index contributed by atoms with van der Waals surface area (Å²) < 4.78 is 14.1. The van der Waals surface area contributed by atoms with Crippen LogP contribution in [0.2, 0.25) is 0 Å². The van der Waals surface area contributed by atoms with Crippen LogP contribution in [0.3, 0.4) is 0 Å². The van der Waals surface area contributed by atoms with Crippen molar-refractivity contribution in [3.8, 4) is 45.1 Å². The van der Waals surface area contributed by atoms with E-state index in [-0.39, 0.29) is 17.3 Å². The number of nitrogens with zero attached hydrogens (tertiary/aromatic N) is 1. The van der Waals surface area contributed by atoms with Crippen LogP contribution in [0.5, 0.6) is 11.5 Å². The summed E-state index contributed by atoms with van der Waals surface area (Å²) in [7, 11) is 0. The number of halogens is 1. The van der Waals surface area contributed by atoms with Gasteiger partial charge in [-0.1, -0.05) is 12.1 Å². The lowest BCUT2D eigenvalue weighted by Crippen LogP contribution is -1.98. The van der Waals surface area contributed by atoms with E-state index in [4.69, 9.17) is 4.98 Å². The van der Waals surface area contributed by atoms with Crippen molar-refractivity contribution >= 4 is 0 Å². The Balaban J connectivity index is 1.69. The first-order chi connectivity index (χ1) is 14.1. The minimum atomic E-state index is -0.275. The van der Waals surface area contributed by atoms with Gasteiger partial charge in [0.15, 0.2) is 0 Å². The molecule has 0 aliphatic heterocycles. The van der Waals surface area contributed by atoms with Crippen LogP contribution in [0.15, 0.2) is 60.7 Å². The average molecular weight is 381 g/mol. The van der Waals surface area contributed by atoms with Crippen LogP contribution in [-0.4, -0.2) is 15.2 Å². The maximum atomic E-state index is 14.1. The zero-order valence-corrected chi connectivity index (χ0v) is 15.4. The fourth-order valence-electron chi connectivity index (χ4n) is 4.74. The van der Waals surface area contributed by atoms with Gasteiger partial charge in [-0.3, -0.25) is 0 Å². The largest absolute Gasteiger partial charge is 0.508 e. The van der Waals surface area contributed by atoms with Crippen LogP contribution in [-0.2, 0) is 12.8 Å². The Kier molecular flexibility index (Phi) is 3.19. The molecule has 2 N–H and O–H groups in total. The van der Waals surface area contributed by atoms with E-state index in [1.54, 1.807) is 36.4 Å². The van der Waals surface area contributed by atoms with E-state index < -0.39 is 0 Å². The molecule has 0 spiro atoms. The molecule has 2 aliphatic carbocycles. The molecule has 0 amide bonds. The highest BCUT2D eigenvalue weighted by molar-refractivity contribution is 5.91. The molecule has 1 aromatic heterocycles. The van der Waals surface area contributed by atoms with E-state index in [0.717, 1.165) is 55.9 Å². The molecule has 3 nitrogen and oxygen atoms in total. The number of benzene rings is 3. The number of hydrogen-bond donors (Lipinski definition) is 2. The minimum absolute atomic E-state index is 0.234. The van der Waals surface area contributed by atoms with Crippen molar-refractivity contribution in [1.82, 2.24) is 4.98 Å². The third kappa shape index (κ3) is 2.32. The first-order valence-electron chi connectivity index (χ1n) is 9.55. The van der Waals surface area contributed by atoms with E-state index in [1.807, 2.05) is 18.2 Å². The molecule has 6 rings (SSSR count). The molecule has 0 radical (unpaired) electrons. The predicted molar refractivity (Wildman–Crippen MR) is 109 cm³/mol. The van der Waals surface area contributed by atoms with Gasteiger partial charge in [0, 0.05) is 24.0 Å². The fourth-order valence-corrected chi connectivity index (χ4v) is 4.74. The van der Waals surface area contributed by atoms with Crippen molar-refractivity contribution in [3.63, 3.8) is 0 Å². The second-order valence-corrected chi connectivity index (χ2v) is 7.69. The van der Waals surface area contributed by atoms with Crippen LogP contribution in [0.1, 0.15) is 22.3 Å². The molecule has 0 fully saturated rings. The molecule has 2 aliphatic rings. The van der Waals surface area contributed by atoms with Gasteiger partial charge in [-0.15, -0.1) is 0 Å². The minimum Gasteiger partial charge on any atom is -0.508 e. The molecular weight excluding hydrogens is 365 g/mol. The Hall–Kier alpha value is -3.66. The third-order valence-electron chi connectivity index (χ3n) is 5.93. The number of aromatic hydroxyl groups is 2. The normalized spacial score (nSPS) is 13.0. The van der Waals surface area contributed by atoms with E-state index in [0.29, 0.717) is 12.8 Å². The lowest BCUT2D eigenvalue weighted by Gasteiger charge is -2.15. The predicted octanol–water partition coefficient (Wildman–Crippen LogP) is 5.44. The molecule has 0 saturated heterocycles. The van der Waals surface area contributed by atoms with Crippen molar-refractivity contribution < 1.29 is 14.6 Å². The van der Waals surface area contributed by atoms with Crippen molar-refractivity contribution in [3.05, 3.63) is 88.7 Å². The smallest absolute Gasteiger partial charge is 0.123 e. The zero-order chi connectivity index (χ0) is 19.7. The monoisotopic (exact) mass is 381 g/mol. The van der Waals surface area contributed by atoms with Gasteiger partial charge in [0.1, 0.15) is 17.3 Å². The quantitative estimate of drug-likeness (QED) is 0.399. The van der Waals surface area contributed by atoms with Crippen LogP contribution >= 0.6 is 0 Å². The summed E-state index contributed by atoms with van der Waals surface area (Å²) >= 11 is 0. The second kappa shape index (κ2) is 5.67. The van der Waals surface area contributed by atoms with Gasteiger partial charge in [-0.2, -0.15) is 0 Å². The molecule has 0 bridgehead atoms. The van der Waals surface area contributed by atoms with E-state index in [1.165, 1.54) is 6.07 Å². The third-order valence-corrected chi connectivity index (χ3v) is 5.93. The molecule has 4 heteroatoms. The maximum absolute atomic E-state index is 14.1. The number of phenolic OH excluding ortho intramolecular Hbond substituents is 2. The van der Waals surface area contributed by atoms with Crippen molar-refractivity contribution in [2.75, 3.05) is 0 Å². The molecule has 0 atom stereocenters. The SMILES string of the molecule is Oc1ccc2c(c1)Cc1c-2nc2c(c1-c1cccc(F)c1)Cc1cc(O)ccc1-2. The summed E-state index contributed by atoms with van der Waals surface area (Å²) in [6.45, 7) is 0. The number of fused-ring (bicyclic) bond motifs is 6. The molecule has 140 valence electrons. The molecule has 1 heterocycles. The maximum Gasteiger partial charge on any atom is 0.123 e. The summed E-state index contributed by atoms with van der Waals surface area (Å²) in [5.74, 6) is 0.192. The summed E-state index contributed by atoms with van der Waals surface area (Å²) in [5, 5.41) is 19.9. The van der Waals surface area contributed by atoms with E-state index in [9.17, 15) is 14.6 Å². The molecule has 3 aromatic carbocycles. The molecular formula is C25H16FNO2. The Morgan fingerprint density at radius 2 is 1.31 bits per heavy atom. The zero-order valence-electron chi connectivity index (χ0n) is 15.4. The number of aromatic nitrogens is 1. The van der Waals surface area contributed by atoms with Gasteiger partial charge in [0.2, 0.25) is 0 Å². The number of pyridine rings is 1. The van der Waals surface area contributed by atoms with E-state index in [2.05, 4.69) is 0 Å². The molecule has 0 saturated carbocycles. The Bertz CT molecular complexity index is 1270. The highest BCUT2D eigenvalue weighted by Gasteiger charge is 2.32. The van der Waals surface area contributed by atoms with Crippen LogP contribution in [0.4, 0.5) is 4.39 Å². The summed E-state index contributed by atoms with van der Waals surface area (Å²) in [6.07, 6.45) is 1.29. The summed E-state index contributed by atoms with van der Waals surface area (Å²) in [4.78, 5) is 5.03. The number of hydrogen-bond acceptors (Lipinski definition) is 3. The lowest BCUT2D eigenvalue weighted by atomic mass is 9.92. The number of rotatable bonds is 1. The fraction of sp³-hybridized carbons (Fsp3) is 0.0800. The lowest BCUT2D eigenvalue weighted by molar-refractivity contribution is 0.474. The molecule has 29 heavy (non-hydrogen) atoms. The Morgan fingerprint density at radius 3 is 1.86 bits per heavy atom. The van der Waals surface area contributed by atoms with Gasteiger partial charge in [0.25, 0.3) is 0 Å². The van der Waals surface area contributed by atoms with Gasteiger partial charge in [-0.05, 0) is 81.9 Å². The van der Waals surface area contributed by atoms with Crippen LogP contribution < -0.4 is 0 Å². The average Bonchev–Trinajstić information content (AvgIpc) is 3.22. The highest BCUT2D eigenvalue weighted by atomic mass is 19.1. The van der Waals surface area contributed by atoms with E-state index >= 15 is 0 Å². The van der Waals surface area contributed by atoms with Crippen molar-refractivity contribution in [2.24, 2.45) is 0 Å². The Morgan fingerprint density at radius 1 is 0.724 bits per heavy atom. The second-order valence-electron chi connectivity index (χ2n) is 7.69. The first-order valence-corrected chi connectivity index (χ1v) is 9.55.